The number of nitrogens with one attached hydrogen (secondary N) is 1. The first-order valence-corrected chi connectivity index (χ1v) is 6.03. The van der Waals surface area contributed by atoms with Gasteiger partial charge < -0.3 is 21.1 Å². The second-order valence-electron chi connectivity index (χ2n) is 4.15. The zero-order valence-electron chi connectivity index (χ0n) is 11.3. The van der Waals surface area contributed by atoms with Crippen LogP contribution in [0.4, 0.5) is 11.4 Å². The lowest BCUT2D eigenvalue weighted by Crippen LogP contribution is -2.44. The molecule has 1 atom stereocenters. The molecule has 1 amide bonds. The summed E-state index contributed by atoms with van der Waals surface area (Å²) in [5, 5.41) is 11.5. The molecule has 6 nitrogen and oxygen atoms in total. The normalized spacial score (nSPS) is 11.7. The van der Waals surface area contributed by atoms with Gasteiger partial charge in [0.1, 0.15) is 6.04 Å². The Balaban J connectivity index is 3.12. The number of carboxylic acid groups (broad SMARTS) is 1. The fourth-order valence-electron chi connectivity index (χ4n) is 1.95. The number of aromatic carboxylic acids is 1. The number of carbonyl (C=O) groups is 2. The Morgan fingerprint density at radius 3 is 2.53 bits per heavy atom. The predicted molar refractivity (Wildman–Crippen MR) is 74.4 cm³/mol. The SMILES string of the molecule is CCN(c1ccc(C(=O)O)cc1N)C(C)C(=O)NC. The van der Waals surface area contributed by atoms with Crippen LogP contribution in [0.15, 0.2) is 18.2 Å². The van der Waals surface area contributed by atoms with Crippen molar-refractivity contribution in [1.82, 2.24) is 5.32 Å². The first-order chi connectivity index (χ1) is 8.92. The predicted octanol–water partition coefficient (Wildman–Crippen LogP) is 0.928. The van der Waals surface area contributed by atoms with E-state index in [0.717, 1.165) is 0 Å². The summed E-state index contributed by atoms with van der Waals surface area (Å²) in [5.74, 6) is -1.15. The number of carbonyl (C=O) groups excluding carboxylic acids is 1. The number of carboxylic acids is 1. The Labute approximate surface area is 112 Å². The number of amides is 1. The number of likely N-dealkylation sites (N-methyl/N-ethyl adjacent to an activating group) is 2. The fraction of sp³-hybridized carbons (Fsp3) is 0.385. The monoisotopic (exact) mass is 265 g/mol. The van der Waals surface area contributed by atoms with Gasteiger partial charge in [-0.1, -0.05) is 0 Å². The topological polar surface area (TPSA) is 95.7 Å². The van der Waals surface area contributed by atoms with Gasteiger partial charge in [-0.25, -0.2) is 4.79 Å². The maximum absolute atomic E-state index is 11.7. The van der Waals surface area contributed by atoms with E-state index in [-0.39, 0.29) is 17.5 Å². The van der Waals surface area contributed by atoms with E-state index in [0.29, 0.717) is 17.9 Å². The van der Waals surface area contributed by atoms with Gasteiger partial charge in [-0.2, -0.15) is 0 Å². The zero-order valence-corrected chi connectivity index (χ0v) is 11.3. The van der Waals surface area contributed by atoms with E-state index < -0.39 is 5.97 Å². The molecule has 4 N–H and O–H groups in total. The number of anilines is 2. The maximum atomic E-state index is 11.7. The molecule has 0 saturated carbocycles. The van der Waals surface area contributed by atoms with E-state index >= 15 is 0 Å². The molecule has 0 aliphatic carbocycles. The second-order valence-corrected chi connectivity index (χ2v) is 4.15. The highest BCUT2D eigenvalue weighted by Crippen LogP contribution is 2.26. The molecular weight excluding hydrogens is 246 g/mol. The number of hydrogen-bond acceptors (Lipinski definition) is 4. The van der Waals surface area contributed by atoms with Crippen LogP contribution in [0, 0.1) is 0 Å². The quantitative estimate of drug-likeness (QED) is 0.688. The Hall–Kier alpha value is -2.24. The number of rotatable bonds is 5. The van der Waals surface area contributed by atoms with Crippen molar-refractivity contribution >= 4 is 23.3 Å². The summed E-state index contributed by atoms with van der Waals surface area (Å²) >= 11 is 0. The first-order valence-electron chi connectivity index (χ1n) is 6.03. The lowest BCUT2D eigenvalue weighted by molar-refractivity contribution is -0.121. The van der Waals surface area contributed by atoms with Gasteiger partial charge in [0.25, 0.3) is 0 Å². The molecule has 1 unspecified atom stereocenters. The van der Waals surface area contributed by atoms with Crippen LogP contribution in [0.3, 0.4) is 0 Å². The van der Waals surface area contributed by atoms with Gasteiger partial charge in [-0.15, -0.1) is 0 Å². The lowest BCUT2D eigenvalue weighted by atomic mass is 10.1. The average Bonchev–Trinajstić information content (AvgIpc) is 2.39. The third kappa shape index (κ3) is 3.15. The molecule has 0 aliphatic heterocycles. The van der Waals surface area contributed by atoms with Crippen molar-refractivity contribution in [3.05, 3.63) is 23.8 Å². The van der Waals surface area contributed by atoms with Gasteiger partial charge in [0.2, 0.25) is 5.91 Å². The average molecular weight is 265 g/mol. The highest BCUT2D eigenvalue weighted by Gasteiger charge is 2.21. The molecule has 0 radical (unpaired) electrons. The molecule has 19 heavy (non-hydrogen) atoms. The summed E-state index contributed by atoms with van der Waals surface area (Å²) in [7, 11) is 1.57. The number of hydrogen-bond donors (Lipinski definition) is 3. The summed E-state index contributed by atoms with van der Waals surface area (Å²) < 4.78 is 0. The highest BCUT2D eigenvalue weighted by atomic mass is 16.4. The van der Waals surface area contributed by atoms with Crippen molar-refractivity contribution in [1.29, 1.82) is 0 Å². The lowest BCUT2D eigenvalue weighted by Gasteiger charge is -2.30. The van der Waals surface area contributed by atoms with Crippen LogP contribution in [0.2, 0.25) is 0 Å². The highest BCUT2D eigenvalue weighted by molar-refractivity contribution is 5.91. The molecule has 104 valence electrons. The second kappa shape index (κ2) is 6.08. The van der Waals surface area contributed by atoms with E-state index in [1.807, 2.05) is 11.8 Å². The summed E-state index contributed by atoms with van der Waals surface area (Å²) in [6.07, 6.45) is 0. The van der Waals surface area contributed by atoms with Crippen molar-refractivity contribution in [2.45, 2.75) is 19.9 Å². The zero-order chi connectivity index (χ0) is 14.6. The molecule has 0 saturated heterocycles. The van der Waals surface area contributed by atoms with Crippen LogP contribution in [-0.4, -0.2) is 36.6 Å². The molecule has 1 aromatic carbocycles. The molecule has 0 fully saturated rings. The molecule has 0 aliphatic rings. The molecule has 1 rings (SSSR count). The van der Waals surface area contributed by atoms with Gasteiger partial charge >= 0.3 is 5.97 Å². The van der Waals surface area contributed by atoms with E-state index in [4.69, 9.17) is 10.8 Å². The molecule has 1 aromatic rings. The van der Waals surface area contributed by atoms with E-state index in [2.05, 4.69) is 5.32 Å². The standard InChI is InChI=1S/C13H19N3O3/c1-4-16(8(2)12(17)15-3)11-6-5-9(13(18)19)7-10(11)14/h5-8H,4,14H2,1-3H3,(H,15,17)(H,18,19). The molecule has 0 spiro atoms. The minimum Gasteiger partial charge on any atom is -0.478 e. The molecule has 0 heterocycles. The van der Waals surface area contributed by atoms with Crippen molar-refractivity contribution < 1.29 is 14.7 Å². The van der Waals surface area contributed by atoms with Crippen LogP contribution in [0.5, 0.6) is 0 Å². The van der Waals surface area contributed by atoms with Crippen molar-refractivity contribution in [3.63, 3.8) is 0 Å². The Kier molecular flexibility index (Phi) is 4.74. The number of nitrogens with zero attached hydrogens (tertiary/aromatic N) is 1. The van der Waals surface area contributed by atoms with Crippen LogP contribution in [0.1, 0.15) is 24.2 Å². The third-order valence-electron chi connectivity index (χ3n) is 3.02. The number of nitrogens with two attached hydrogens (primary N) is 1. The smallest absolute Gasteiger partial charge is 0.335 e. The fourth-order valence-corrected chi connectivity index (χ4v) is 1.95. The number of nitrogen functional groups attached to an aromatic ring is 1. The summed E-state index contributed by atoms with van der Waals surface area (Å²) in [6, 6.07) is 4.12. The Morgan fingerprint density at radius 2 is 2.11 bits per heavy atom. The van der Waals surface area contributed by atoms with Crippen molar-refractivity contribution in [3.8, 4) is 0 Å². The number of benzene rings is 1. The van der Waals surface area contributed by atoms with Crippen LogP contribution >= 0.6 is 0 Å². The van der Waals surface area contributed by atoms with E-state index in [1.165, 1.54) is 12.1 Å². The Morgan fingerprint density at radius 1 is 1.47 bits per heavy atom. The maximum Gasteiger partial charge on any atom is 0.335 e. The first kappa shape index (κ1) is 14.8. The van der Waals surface area contributed by atoms with Gasteiger partial charge in [-0.3, -0.25) is 4.79 Å². The molecular formula is C13H19N3O3. The molecule has 0 aromatic heterocycles. The summed E-state index contributed by atoms with van der Waals surface area (Å²) in [4.78, 5) is 24.4. The van der Waals surface area contributed by atoms with Gasteiger partial charge in [0.15, 0.2) is 0 Å². The minimum absolute atomic E-state index is 0.122. The summed E-state index contributed by atoms with van der Waals surface area (Å²) in [6.45, 7) is 4.27. The van der Waals surface area contributed by atoms with E-state index in [9.17, 15) is 9.59 Å². The Bertz CT molecular complexity index is 488. The van der Waals surface area contributed by atoms with Crippen LogP contribution in [0.25, 0.3) is 0 Å². The summed E-state index contributed by atoms with van der Waals surface area (Å²) in [5.41, 5.74) is 7.01. The van der Waals surface area contributed by atoms with Gasteiger partial charge in [0, 0.05) is 13.6 Å². The molecule has 0 bridgehead atoms. The van der Waals surface area contributed by atoms with Crippen molar-refractivity contribution in [2.75, 3.05) is 24.2 Å². The largest absolute Gasteiger partial charge is 0.478 e. The molecule has 6 heteroatoms. The van der Waals surface area contributed by atoms with Crippen molar-refractivity contribution in [2.24, 2.45) is 0 Å². The van der Waals surface area contributed by atoms with Gasteiger partial charge in [0.05, 0.1) is 16.9 Å². The van der Waals surface area contributed by atoms with Gasteiger partial charge in [-0.05, 0) is 32.0 Å². The van der Waals surface area contributed by atoms with Crippen LogP contribution in [-0.2, 0) is 4.79 Å². The third-order valence-corrected chi connectivity index (χ3v) is 3.02. The van der Waals surface area contributed by atoms with E-state index in [1.54, 1.807) is 20.0 Å². The van der Waals surface area contributed by atoms with Crippen LogP contribution < -0.4 is 16.0 Å². The minimum atomic E-state index is -1.03.